The quantitative estimate of drug-likeness (QED) is 0.429. The number of carbonyl (C=O) groups excluding carboxylic acids is 1. The maximum Gasteiger partial charge on any atom is 0.250 e. The first kappa shape index (κ1) is 22.9. The Balaban J connectivity index is 1.78. The predicted molar refractivity (Wildman–Crippen MR) is 122 cm³/mol. The van der Waals surface area contributed by atoms with Crippen LogP contribution < -0.4 is 11.3 Å². The Morgan fingerprint density at radius 1 is 0.912 bits per heavy atom. The van der Waals surface area contributed by atoms with Crippen molar-refractivity contribution in [3.63, 3.8) is 0 Å². The van der Waals surface area contributed by atoms with Crippen LogP contribution in [0.3, 0.4) is 0 Å². The lowest BCUT2D eigenvalue weighted by atomic mass is 10.0. The molecule has 9 heteroatoms. The Morgan fingerprint density at radius 2 is 1.53 bits per heavy atom. The zero-order chi connectivity index (χ0) is 24.4. The molecule has 2 N–H and O–H groups in total. The summed E-state index contributed by atoms with van der Waals surface area (Å²) in [5.41, 5.74) is 6.93. The molecule has 4 rings (SSSR count). The van der Waals surface area contributed by atoms with Crippen molar-refractivity contribution < 1.29 is 18.0 Å². The molecule has 0 atom stereocenters. The number of carbonyl (C=O) groups is 1. The average Bonchev–Trinajstić information content (AvgIpc) is 2.81. The summed E-state index contributed by atoms with van der Waals surface area (Å²) >= 11 is 0. The maximum absolute atomic E-state index is 13.9. The van der Waals surface area contributed by atoms with E-state index in [0.717, 1.165) is 12.1 Å². The summed E-state index contributed by atoms with van der Waals surface area (Å²) in [5, 5.41) is 0. The number of aromatic nitrogens is 3. The van der Waals surface area contributed by atoms with Gasteiger partial charge in [-0.25, -0.2) is 23.1 Å². The van der Waals surface area contributed by atoms with Gasteiger partial charge in [-0.1, -0.05) is 6.07 Å². The fourth-order valence-corrected chi connectivity index (χ4v) is 3.53. The molecule has 0 saturated carbocycles. The first-order valence-electron chi connectivity index (χ1n) is 10.3. The largest absolute Gasteiger partial charge is 0.382 e. The number of anilines is 1. The van der Waals surface area contributed by atoms with Gasteiger partial charge in [0.15, 0.2) is 11.6 Å². The van der Waals surface area contributed by atoms with Gasteiger partial charge in [-0.3, -0.25) is 9.59 Å². The Morgan fingerprint density at radius 3 is 2.18 bits per heavy atom. The van der Waals surface area contributed by atoms with E-state index in [-0.39, 0.29) is 46.9 Å². The number of Topliss-reactive ketones (excluding diaryl/α,β-unsaturated/α-hetero) is 1. The molecule has 172 valence electrons. The topological polar surface area (TPSA) is 90.9 Å². The molecule has 0 unspecified atom stereocenters. The summed E-state index contributed by atoms with van der Waals surface area (Å²) in [6.45, 7) is 0. The molecule has 34 heavy (non-hydrogen) atoms. The van der Waals surface area contributed by atoms with E-state index in [1.165, 1.54) is 53.2 Å². The van der Waals surface area contributed by atoms with Crippen LogP contribution in [0.5, 0.6) is 0 Å². The Hall–Kier alpha value is -4.27. The molecule has 0 fully saturated rings. The number of halogens is 3. The van der Waals surface area contributed by atoms with Crippen LogP contribution in [-0.2, 0) is 13.5 Å². The first-order valence-corrected chi connectivity index (χ1v) is 10.3. The van der Waals surface area contributed by atoms with E-state index in [4.69, 9.17) is 5.73 Å². The zero-order valence-corrected chi connectivity index (χ0v) is 18.1. The normalized spacial score (nSPS) is 10.9. The number of aryl methyl sites for hydroxylation is 1. The Kier molecular flexibility index (Phi) is 6.27. The molecule has 0 radical (unpaired) electrons. The highest BCUT2D eigenvalue weighted by molar-refractivity contribution is 5.99. The molecule has 0 amide bonds. The summed E-state index contributed by atoms with van der Waals surface area (Å²) in [4.78, 5) is 33.6. The SMILES string of the molecule is Cn1cc(-c2nc(C(=O)CCc3c(F)cccc3F)c(N)nc2-c2ccc(F)cc2)ccc1=O. The molecule has 0 bridgehead atoms. The van der Waals surface area contributed by atoms with Gasteiger partial charge in [0.05, 0.1) is 11.4 Å². The van der Waals surface area contributed by atoms with Crippen LogP contribution in [0.1, 0.15) is 22.5 Å². The van der Waals surface area contributed by atoms with Crippen LogP contribution >= 0.6 is 0 Å². The van der Waals surface area contributed by atoms with E-state index in [1.807, 2.05) is 0 Å². The van der Waals surface area contributed by atoms with Gasteiger partial charge in [0.25, 0.3) is 0 Å². The van der Waals surface area contributed by atoms with E-state index in [9.17, 15) is 22.8 Å². The van der Waals surface area contributed by atoms with Gasteiger partial charge in [0.2, 0.25) is 5.56 Å². The minimum Gasteiger partial charge on any atom is -0.382 e. The van der Waals surface area contributed by atoms with Crippen molar-refractivity contribution in [2.24, 2.45) is 7.05 Å². The van der Waals surface area contributed by atoms with Gasteiger partial charge in [-0.05, 0) is 48.9 Å². The molecule has 0 spiro atoms. The Bertz CT molecular complexity index is 1430. The summed E-state index contributed by atoms with van der Waals surface area (Å²) in [7, 11) is 1.56. The molecular weight excluding hydrogens is 445 g/mol. The fraction of sp³-hybridized carbons (Fsp3) is 0.120. The lowest BCUT2D eigenvalue weighted by molar-refractivity contribution is 0.0978. The number of hydrogen-bond donors (Lipinski definition) is 1. The van der Waals surface area contributed by atoms with Gasteiger partial charge < -0.3 is 10.3 Å². The number of benzene rings is 2. The lowest BCUT2D eigenvalue weighted by Crippen LogP contribution is -2.15. The Labute approximate surface area is 192 Å². The number of ketones is 1. The third kappa shape index (κ3) is 4.59. The summed E-state index contributed by atoms with van der Waals surface area (Å²) in [6.07, 6.45) is 1.09. The summed E-state index contributed by atoms with van der Waals surface area (Å²) in [6, 6.07) is 11.8. The highest BCUT2D eigenvalue weighted by Gasteiger charge is 2.21. The molecule has 4 aromatic rings. The minimum absolute atomic E-state index is 0.161. The van der Waals surface area contributed by atoms with Crippen LogP contribution in [-0.4, -0.2) is 20.3 Å². The van der Waals surface area contributed by atoms with Crippen LogP contribution in [0.15, 0.2) is 65.6 Å². The third-order valence-electron chi connectivity index (χ3n) is 5.33. The third-order valence-corrected chi connectivity index (χ3v) is 5.33. The van der Waals surface area contributed by atoms with Crippen molar-refractivity contribution in [1.82, 2.24) is 14.5 Å². The van der Waals surface area contributed by atoms with Crippen LogP contribution in [0.2, 0.25) is 0 Å². The molecule has 2 aromatic carbocycles. The second-order valence-corrected chi connectivity index (χ2v) is 7.65. The number of nitrogens with two attached hydrogens (primary N) is 1. The zero-order valence-electron chi connectivity index (χ0n) is 18.1. The van der Waals surface area contributed by atoms with E-state index in [0.29, 0.717) is 11.1 Å². The van der Waals surface area contributed by atoms with Crippen molar-refractivity contribution in [3.05, 3.63) is 99.9 Å². The first-order chi connectivity index (χ1) is 16.2. The van der Waals surface area contributed by atoms with Gasteiger partial charge >= 0.3 is 0 Å². The molecule has 0 aliphatic carbocycles. The van der Waals surface area contributed by atoms with Gasteiger partial charge in [-0.15, -0.1) is 0 Å². The number of nitrogen functional groups attached to an aromatic ring is 1. The fourth-order valence-electron chi connectivity index (χ4n) is 3.53. The number of rotatable bonds is 6. The number of nitrogens with zero attached hydrogens (tertiary/aromatic N) is 3. The standard InChI is InChI=1S/C25H19F3N4O2/c1-32-13-15(7-12-21(32)34)23-22(14-5-8-16(26)9-6-14)31-25(29)24(30-23)20(33)11-10-17-18(27)3-2-4-19(17)28/h2-9,12-13H,10-11H2,1H3,(H2,29,31). The van der Waals surface area contributed by atoms with E-state index < -0.39 is 23.2 Å². The molecule has 6 nitrogen and oxygen atoms in total. The molecular formula is C25H19F3N4O2. The number of hydrogen-bond acceptors (Lipinski definition) is 5. The van der Waals surface area contributed by atoms with Crippen molar-refractivity contribution in [2.75, 3.05) is 5.73 Å². The monoisotopic (exact) mass is 464 g/mol. The van der Waals surface area contributed by atoms with Crippen LogP contribution in [0, 0.1) is 17.5 Å². The number of pyridine rings is 1. The van der Waals surface area contributed by atoms with E-state index >= 15 is 0 Å². The summed E-state index contributed by atoms with van der Waals surface area (Å²) < 4.78 is 42.7. The van der Waals surface area contributed by atoms with Crippen molar-refractivity contribution >= 4 is 11.6 Å². The maximum atomic E-state index is 13.9. The molecule has 2 aromatic heterocycles. The van der Waals surface area contributed by atoms with Gasteiger partial charge in [0.1, 0.15) is 23.1 Å². The molecule has 0 saturated heterocycles. The van der Waals surface area contributed by atoms with Crippen molar-refractivity contribution in [3.8, 4) is 22.5 Å². The summed E-state index contributed by atoms with van der Waals surface area (Å²) in [5.74, 6) is -2.66. The lowest BCUT2D eigenvalue weighted by Gasteiger charge is -2.13. The highest BCUT2D eigenvalue weighted by Crippen LogP contribution is 2.31. The molecule has 0 aliphatic heterocycles. The average molecular weight is 464 g/mol. The van der Waals surface area contributed by atoms with E-state index in [1.54, 1.807) is 7.05 Å². The van der Waals surface area contributed by atoms with Gasteiger partial charge in [-0.2, -0.15) is 0 Å². The molecule has 2 heterocycles. The smallest absolute Gasteiger partial charge is 0.250 e. The predicted octanol–water partition coefficient (Wildman–Crippen LogP) is 4.32. The molecule has 0 aliphatic rings. The minimum atomic E-state index is -0.746. The van der Waals surface area contributed by atoms with Crippen LogP contribution in [0.4, 0.5) is 19.0 Å². The highest BCUT2D eigenvalue weighted by atomic mass is 19.1. The second-order valence-electron chi connectivity index (χ2n) is 7.65. The van der Waals surface area contributed by atoms with Crippen LogP contribution in [0.25, 0.3) is 22.5 Å². The van der Waals surface area contributed by atoms with E-state index in [2.05, 4.69) is 9.97 Å². The van der Waals surface area contributed by atoms with Crippen molar-refractivity contribution in [1.29, 1.82) is 0 Å². The van der Waals surface area contributed by atoms with Gasteiger partial charge in [0, 0.05) is 42.4 Å². The van der Waals surface area contributed by atoms with Crippen molar-refractivity contribution in [2.45, 2.75) is 12.8 Å². The second kappa shape index (κ2) is 9.30.